The minimum atomic E-state index is -0.728. The molecular formula is C19H24ClO4. The van der Waals surface area contributed by atoms with Crippen molar-refractivity contribution in [2.75, 3.05) is 13.2 Å². The highest BCUT2D eigenvalue weighted by molar-refractivity contribution is 6.30. The number of fused-ring (bicyclic) bond motifs is 1. The summed E-state index contributed by atoms with van der Waals surface area (Å²) in [5.74, 6) is 0.974. The van der Waals surface area contributed by atoms with Crippen molar-refractivity contribution in [3.8, 4) is 5.75 Å². The van der Waals surface area contributed by atoms with Crippen LogP contribution in [0.25, 0.3) is 0 Å². The van der Waals surface area contributed by atoms with Gasteiger partial charge in [-0.05, 0) is 43.4 Å². The van der Waals surface area contributed by atoms with Crippen LogP contribution in [0.1, 0.15) is 19.3 Å². The lowest BCUT2D eigenvalue weighted by atomic mass is 9.89. The minimum absolute atomic E-state index is 0.0299. The molecule has 0 unspecified atom stereocenters. The lowest BCUT2D eigenvalue weighted by Crippen LogP contribution is -2.22. The molecule has 5 atom stereocenters. The number of hydrogen-bond acceptors (Lipinski definition) is 4. The van der Waals surface area contributed by atoms with E-state index in [-0.39, 0.29) is 18.6 Å². The maximum Gasteiger partial charge on any atom is 0.120 e. The molecule has 0 aromatic heterocycles. The van der Waals surface area contributed by atoms with Gasteiger partial charge in [0.05, 0.1) is 18.8 Å². The van der Waals surface area contributed by atoms with Crippen LogP contribution in [0.3, 0.4) is 0 Å². The Morgan fingerprint density at radius 2 is 2.29 bits per heavy atom. The summed E-state index contributed by atoms with van der Waals surface area (Å²) < 4.78 is 11.3. The maximum atomic E-state index is 10.3. The van der Waals surface area contributed by atoms with Gasteiger partial charge in [-0.1, -0.05) is 29.8 Å². The Hall–Kier alpha value is -1.07. The number of benzene rings is 1. The maximum absolute atomic E-state index is 10.3. The van der Waals surface area contributed by atoms with Crippen LogP contribution in [-0.2, 0) is 4.74 Å². The van der Waals surface area contributed by atoms with Crippen LogP contribution in [0.2, 0.25) is 5.02 Å². The van der Waals surface area contributed by atoms with Crippen LogP contribution in [-0.4, -0.2) is 41.7 Å². The Morgan fingerprint density at radius 1 is 1.42 bits per heavy atom. The lowest BCUT2D eigenvalue weighted by Gasteiger charge is -2.21. The first kappa shape index (κ1) is 17.7. The molecule has 0 amide bonds. The third-order valence-corrected chi connectivity index (χ3v) is 5.03. The summed E-state index contributed by atoms with van der Waals surface area (Å²) in [6, 6.07) is 7.09. The van der Waals surface area contributed by atoms with E-state index < -0.39 is 12.2 Å². The van der Waals surface area contributed by atoms with Gasteiger partial charge in [0.15, 0.2) is 0 Å². The van der Waals surface area contributed by atoms with E-state index in [1.165, 1.54) is 0 Å². The van der Waals surface area contributed by atoms with E-state index in [2.05, 4.69) is 6.42 Å². The van der Waals surface area contributed by atoms with Crippen molar-refractivity contribution in [1.29, 1.82) is 0 Å². The van der Waals surface area contributed by atoms with E-state index >= 15 is 0 Å². The van der Waals surface area contributed by atoms with E-state index in [4.69, 9.17) is 21.1 Å². The van der Waals surface area contributed by atoms with Crippen LogP contribution < -0.4 is 4.74 Å². The van der Waals surface area contributed by atoms with Gasteiger partial charge < -0.3 is 19.7 Å². The fraction of sp³-hybridized carbons (Fsp3) is 0.526. The monoisotopic (exact) mass is 351 g/mol. The van der Waals surface area contributed by atoms with Crippen LogP contribution in [0.15, 0.2) is 36.4 Å². The zero-order chi connectivity index (χ0) is 16.9. The van der Waals surface area contributed by atoms with Crippen LogP contribution >= 0.6 is 11.6 Å². The van der Waals surface area contributed by atoms with Crippen molar-refractivity contribution in [2.45, 2.75) is 37.6 Å². The number of rotatable bonds is 5. The Balaban J connectivity index is 1.54. The summed E-state index contributed by atoms with van der Waals surface area (Å²) in [6.07, 6.45) is 7.48. The van der Waals surface area contributed by atoms with Crippen molar-refractivity contribution in [2.24, 2.45) is 11.8 Å². The van der Waals surface area contributed by atoms with Crippen LogP contribution in [0.5, 0.6) is 5.75 Å². The molecule has 1 saturated heterocycles. The van der Waals surface area contributed by atoms with Crippen LogP contribution in [0.4, 0.5) is 0 Å². The van der Waals surface area contributed by atoms with Crippen molar-refractivity contribution >= 4 is 11.6 Å². The molecular weight excluding hydrogens is 328 g/mol. The van der Waals surface area contributed by atoms with Gasteiger partial charge in [-0.15, -0.1) is 0 Å². The highest BCUT2D eigenvalue weighted by Crippen LogP contribution is 2.40. The zero-order valence-electron chi connectivity index (χ0n) is 13.6. The Bertz CT molecular complexity index is 562. The molecule has 1 aromatic carbocycles. The van der Waals surface area contributed by atoms with E-state index in [9.17, 15) is 10.2 Å². The average Bonchev–Trinajstić information content (AvgIpc) is 2.72. The summed E-state index contributed by atoms with van der Waals surface area (Å²) >= 11 is 5.90. The largest absolute Gasteiger partial charge is 0.491 e. The molecule has 3 rings (SSSR count). The number of halogens is 1. The van der Waals surface area contributed by atoms with Gasteiger partial charge >= 0.3 is 0 Å². The summed E-state index contributed by atoms with van der Waals surface area (Å²) in [5.41, 5.74) is 0. The van der Waals surface area contributed by atoms with Gasteiger partial charge in [-0.3, -0.25) is 0 Å². The molecule has 131 valence electrons. The first-order valence-corrected chi connectivity index (χ1v) is 8.87. The smallest absolute Gasteiger partial charge is 0.120 e. The zero-order valence-corrected chi connectivity index (χ0v) is 14.3. The molecule has 1 aliphatic carbocycles. The van der Waals surface area contributed by atoms with Gasteiger partial charge in [0.25, 0.3) is 0 Å². The average molecular weight is 352 g/mol. The van der Waals surface area contributed by atoms with E-state index in [0.717, 1.165) is 12.8 Å². The lowest BCUT2D eigenvalue weighted by molar-refractivity contribution is 0.0428. The highest BCUT2D eigenvalue weighted by atomic mass is 35.5. The Labute approximate surface area is 148 Å². The third-order valence-electron chi connectivity index (χ3n) is 4.79. The van der Waals surface area contributed by atoms with E-state index in [0.29, 0.717) is 29.7 Å². The standard InChI is InChI=1S/C19H24ClO4/c20-13-4-3-5-15(10-13)24-12-14(21)7-8-16-17-6-1-2-9-23-19(17)11-18(16)22/h2-5,7-8,10,14,16-19,21-22H,1,6,9,11-12H2/b8-7+/t14-,16-,17-,18-,19+/m1/s1. The van der Waals surface area contributed by atoms with Crippen LogP contribution in [0, 0.1) is 18.3 Å². The number of hydrogen-bond donors (Lipinski definition) is 2. The molecule has 1 radical (unpaired) electrons. The van der Waals surface area contributed by atoms with Crippen molar-refractivity contribution in [3.05, 3.63) is 47.9 Å². The number of aliphatic hydroxyl groups is 2. The second-order valence-corrected chi connectivity index (χ2v) is 6.94. The molecule has 1 aromatic rings. The molecule has 1 aliphatic heterocycles. The fourth-order valence-electron chi connectivity index (χ4n) is 3.58. The SMILES string of the molecule is O[C@H](/C=C/[C@@H]1[C@H]2CC[CH]CO[C@H]2C[C@H]1O)COc1cccc(Cl)c1. The normalized spacial score (nSPS) is 31.6. The Kier molecular flexibility index (Phi) is 6.17. The molecule has 2 fully saturated rings. The van der Waals surface area contributed by atoms with Gasteiger partial charge in [-0.25, -0.2) is 0 Å². The number of ether oxygens (including phenoxy) is 2. The van der Waals surface area contributed by atoms with E-state index in [1.54, 1.807) is 30.3 Å². The van der Waals surface area contributed by atoms with Gasteiger partial charge in [0.2, 0.25) is 0 Å². The molecule has 0 spiro atoms. The first-order valence-electron chi connectivity index (χ1n) is 8.49. The Morgan fingerprint density at radius 3 is 3.12 bits per heavy atom. The molecule has 1 saturated carbocycles. The molecule has 24 heavy (non-hydrogen) atoms. The molecule has 0 bridgehead atoms. The fourth-order valence-corrected chi connectivity index (χ4v) is 3.76. The van der Waals surface area contributed by atoms with E-state index in [1.807, 2.05) is 6.08 Å². The van der Waals surface area contributed by atoms with Gasteiger partial charge in [-0.2, -0.15) is 0 Å². The van der Waals surface area contributed by atoms with Crippen molar-refractivity contribution in [1.82, 2.24) is 0 Å². The molecule has 2 N–H and O–H groups in total. The second kappa shape index (κ2) is 8.34. The topological polar surface area (TPSA) is 58.9 Å². The van der Waals surface area contributed by atoms with Gasteiger partial charge in [0, 0.05) is 17.4 Å². The van der Waals surface area contributed by atoms with Crippen molar-refractivity contribution in [3.63, 3.8) is 0 Å². The van der Waals surface area contributed by atoms with Crippen molar-refractivity contribution < 1.29 is 19.7 Å². The minimum Gasteiger partial charge on any atom is -0.491 e. The number of aliphatic hydroxyl groups excluding tert-OH is 2. The third kappa shape index (κ3) is 4.51. The molecule has 2 aliphatic rings. The highest BCUT2D eigenvalue weighted by Gasteiger charge is 2.42. The summed E-state index contributed by atoms with van der Waals surface area (Å²) in [6.45, 7) is 0.818. The molecule has 4 nitrogen and oxygen atoms in total. The second-order valence-electron chi connectivity index (χ2n) is 6.50. The molecule has 1 heterocycles. The summed E-state index contributed by atoms with van der Waals surface area (Å²) in [4.78, 5) is 0. The molecule has 5 heteroatoms. The first-order chi connectivity index (χ1) is 11.6. The summed E-state index contributed by atoms with van der Waals surface area (Å²) in [5, 5.41) is 21.0. The quantitative estimate of drug-likeness (QED) is 0.801. The van der Waals surface area contributed by atoms with Gasteiger partial charge in [0.1, 0.15) is 18.5 Å². The predicted octanol–water partition coefficient (Wildman–Crippen LogP) is 3.02. The summed E-state index contributed by atoms with van der Waals surface area (Å²) in [7, 11) is 0. The predicted molar refractivity (Wildman–Crippen MR) is 93.0 cm³/mol.